The third-order valence-electron chi connectivity index (χ3n) is 13.5. The lowest BCUT2D eigenvalue weighted by Gasteiger charge is -2.62. The predicted octanol–water partition coefficient (Wildman–Crippen LogP) is 3.96. The highest BCUT2D eigenvalue weighted by Crippen LogP contribution is 2.66. The Morgan fingerprint density at radius 3 is 2.35 bits per heavy atom. The average Bonchev–Trinajstić information content (AvgIpc) is 3.58. The lowest BCUT2D eigenvalue weighted by molar-refractivity contribution is -0.156. The Morgan fingerprint density at radius 1 is 0.875 bits per heavy atom. The van der Waals surface area contributed by atoms with Gasteiger partial charge in [0.05, 0.1) is 18.8 Å². The highest BCUT2D eigenvalue weighted by atomic mass is 16.3. The molecule has 0 aromatic rings. The smallest absolute Gasteiger partial charge is 0.242 e. The zero-order chi connectivity index (χ0) is 28.1. The molecule has 2 amide bonds. The maximum absolute atomic E-state index is 12.9. The van der Waals surface area contributed by atoms with E-state index in [0.29, 0.717) is 43.2 Å². The highest BCUT2D eigenvalue weighted by Gasteiger charge is 2.61. The van der Waals surface area contributed by atoms with Crippen molar-refractivity contribution in [3.63, 3.8) is 0 Å². The van der Waals surface area contributed by atoms with E-state index in [9.17, 15) is 19.8 Å². The molecule has 6 rings (SSSR count). The van der Waals surface area contributed by atoms with Gasteiger partial charge in [-0.05, 0) is 98.2 Å². The van der Waals surface area contributed by atoms with Gasteiger partial charge in [0.15, 0.2) is 0 Å². The summed E-state index contributed by atoms with van der Waals surface area (Å²) < 4.78 is 0. The van der Waals surface area contributed by atoms with E-state index < -0.39 is 0 Å². The summed E-state index contributed by atoms with van der Waals surface area (Å²) in [6.45, 7) is 7.94. The lowest BCUT2D eigenvalue weighted by atomic mass is 9.44. The summed E-state index contributed by atoms with van der Waals surface area (Å²) >= 11 is 0. The quantitative estimate of drug-likeness (QED) is 0.460. The van der Waals surface area contributed by atoms with E-state index in [2.05, 4.69) is 24.1 Å². The molecule has 0 aromatic heterocycles. The third-order valence-corrected chi connectivity index (χ3v) is 13.5. The van der Waals surface area contributed by atoms with E-state index in [1.54, 1.807) is 0 Å². The Bertz CT molecular complexity index is 931. The van der Waals surface area contributed by atoms with Crippen molar-refractivity contribution in [2.45, 2.75) is 122 Å². The van der Waals surface area contributed by atoms with Gasteiger partial charge in [0, 0.05) is 38.6 Å². The largest absolute Gasteiger partial charge is 0.393 e. The summed E-state index contributed by atoms with van der Waals surface area (Å²) in [5.41, 5.74) is 0.355. The van der Waals surface area contributed by atoms with Gasteiger partial charge >= 0.3 is 0 Å². The molecule has 1 saturated heterocycles. The first-order chi connectivity index (χ1) is 19.2. The Kier molecular flexibility index (Phi) is 8.30. The fourth-order valence-corrected chi connectivity index (χ4v) is 10.9. The molecule has 9 atom stereocenters. The van der Waals surface area contributed by atoms with Crippen LogP contribution in [0.4, 0.5) is 0 Å². The van der Waals surface area contributed by atoms with E-state index in [0.717, 1.165) is 51.1 Å². The lowest BCUT2D eigenvalue weighted by Crippen LogP contribution is -2.62. The monoisotopic (exact) mass is 557 g/mol. The number of aliphatic hydroxyl groups excluding tert-OH is 2. The average molecular weight is 558 g/mol. The summed E-state index contributed by atoms with van der Waals surface area (Å²) in [5, 5.41) is 25.0. The van der Waals surface area contributed by atoms with Crippen LogP contribution < -0.4 is 5.32 Å². The zero-order valence-corrected chi connectivity index (χ0v) is 25.2. The van der Waals surface area contributed by atoms with Gasteiger partial charge in [-0.25, -0.2) is 0 Å². The summed E-state index contributed by atoms with van der Waals surface area (Å²) in [4.78, 5) is 29.5. The van der Waals surface area contributed by atoms with Gasteiger partial charge in [-0.1, -0.05) is 39.5 Å². The molecule has 1 heterocycles. The fraction of sp³-hybridized carbons (Fsp3) is 0.939. The number of carbonyl (C=O) groups is 2. The summed E-state index contributed by atoms with van der Waals surface area (Å²) in [6, 6.07) is 0.162. The molecule has 226 valence electrons. The Balaban J connectivity index is 1.01. The first-order valence-electron chi connectivity index (χ1n) is 16.8. The molecule has 0 aromatic carbocycles. The van der Waals surface area contributed by atoms with E-state index >= 15 is 0 Å². The van der Waals surface area contributed by atoms with Crippen LogP contribution in [0.15, 0.2) is 0 Å². The minimum atomic E-state index is -0.293. The molecule has 0 unspecified atom stereocenters. The number of hydrogen-bond acceptors (Lipinski definition) is 5. The standard InChI is InChI=1S/C33H55N3O4/c1-32-14-13-26-24(25(32)10-11-29(32)38)9-8-23-19-28(37)27(20-33(23,26)2)35-15-17-36(18-16-35)31(40)21-34-30(39)12-7-22-5-3-4-6-22/h22-29,37-38H,3-21H2,1-2H3,(H,34,39)/t23-,24-,25-,26-,27-,28-,29-,32-,33-/m0/s1. The molecular weight excluding hydrogens is 502 g/mol. The molecule has 40 heavy (non-hydrogen) atoms. The van der Waals surface area contributed by atoms with Crippen LogP contribution in [0.2, 0.25) is 0 Å². The van der Waals surface area contributed by atoms with E-state index in [1.807, 2.05) is 4.90 Å². The van der Waals surface area contributed by atoms with Crippen LogP contribution in [0.25, 0.3) is 0 Å². The number of fused-ring (bicyclic) bond motifs is 5. The van der Waals surface area contributed by atoms with Crippen molar-refractivity contribution >= 4 is 11.8 Å². The molecular formula is C33H55N3O4. The molecule has 5 aliphatic carbocycles. The van der Waals surface area contributed by atoms with Crippen molar-refractivity contribution < 1.29 is 19.8 Å². The second-order valence-corrected chi connectivity index (χ2v) is 15.3. The maximum atomic E-state index is 12.9. The summed E-state index contributed by atoms with van der Waals surface area (Å²) in [6.07, 6.45) is 15.1. The van der Waals surface area contributed by atoms with Crippen molar-refractivity contribution in [3.8, 4) is 0 Å². The Labute approximate surface area is 241 Å². The summed E-state index contributed by atoms with van der Waals surface area (Å²) in [5.74, 6) is 3.38. The SMILES string of the molecule is C[C@]12C[C@H](N3CCN(C(=O)CNC(=O)CCC4CCCC4)CC3)[C@@H](O)C[C@@H]1CC[C@@H]1[C@@H]2CC[C@]2(C)[C@@H](O)CC[C@@H]12. The topological polar surface area (TPSA) is 93.1 Å². The van der Waals surface area contributed by atoms with E-state index in [1.165, 1.54) is 51.4 Å². The van der Waals surface area contributed by atoms with Crippen molar-refractivity contribution in [2.75, 3.05) is 32.7 Å². The van der Waals surface area contributed by atoms with Crippen LogP contribution in [-0.4, -0.2) is 82.8 Å². The fourth-order valence-electron chi connectivity index (χ4n) is 10.9. The van der Waals surface area contributed by atoms with E-state index in [4.69, 9.17) is 0 Å². The van der Waals surface area contributed by atoms with Crippen LogP contribution in [-0.2, 0) is 9.59 Å². The molecule has 6 fully saturated rings. The van der Waals surface area contributed by atoms with Crippen molar-refractivity contribution in [2.24, 2.45) is 40.4 Å². The van der Waals surface area contributed by atoms with Crippen LogP contribution in [0, 0.1) is 40.4 Å². The van der Waals surface area contributed by atoms with Crippen molar-refractivity contribution in [3.05, 3.63) is 0 Å². The number of hydrogen-bond donors (Lipinski definition) is 3. The van der Waals surface area contributed by atoms with Crippen LogP contribution in [0.1, 0.15) is 104 Å². The molecule has 5 saturated carbocycles. The Morgan fingerprint density at radius 2 is 1.60 bits per heavy atom. The molecule has 6 aliphatic rings. The van der Waals surface area contributed by atoms with Crippen LogP contribution in [0.5, 0.6) is 0 Å². The first kappa shape index (κ1) is 28.9. The molecule has 3 N–H and O–H groups in total. The number of carbonyl (C=O) groups excluding carboxylic acids is 2. The molecule has 1 aliphatic heterocycles. The van der Waals surface area contributed by atoms with Gasteiger partial charge in [-0.2, -0.15) is 0 Å². The maximum Gasteiger partial charge on any atom is 0.242 e. The van der Waals surface area contributed by atoms with Crippen molar-refractivity contribution in [1.29, 1.82) is 0 Å². The van der Waals surface area contributed by atoms with Crippen LogP contribution >= 0.6 is 0 Å². The molecule has 7 nitrogen and oxygen atoms in total. The number of aliphatic hydroxyl groups is 2. The van der Waals surface area contributed by atoms with E-state index in [-0.39, 0.29) is 47.4 Å². The number of nitrogens with one attached hydrogen (secondary N) is 1. The first-order valence-corrected chi connectivity index (χ1v) is 16.8. The van der Waals surface area contributed by atoms with Gasteiger partial charge in [0.25, 0.3) is 0 Å². The predicted molar refractivity (Wildman–Crippen MR) is 155 cm³/mol. The molecule has 7 heteroatoms. The minimum absolute atomic E-state index is 0.00735. The minimum Gasteiger partial charge on any atom is -0.393 e. The molecule has 0 spiro atoms. The Hall–Kier alpha value is -1.18. The highest BCUT2D eigenvalue weighted by molar-refractivity contribution is 5.84. The zero-order valence-electron chi connectivity index (χ0n) is 25.2. The van der Waals surface area contributed by atoms with Gasteiger partial charge < -0.3 is 20.4 Å². The molecule has 0 bridgehead atoms. The number of nitrogens with zero attached hydrogens (tertiary/aromatic N) is 2. The van der Waals surface area contributed by atoms with Gasteiger partial charge in [0.1, 0.15) is 0 Å². The summed E-state index contributed by atoms with van der Waals surface area (Å²) in [7, 11) is 0. The van der Waals surface area contributed by atoms with Crippen molar-refractivity contribution in [1.82, 2.24) is 15.1 Å². The number of amides is 2. The second kappa shape index (κ2) is 11.5. The van der Waals surface area contributed by atoms with Gasteiger partial charge in [-0.15, -0.1) is 0 Å². The van der Waals surface area contributed by atoms with Crippen LogP contribution in [0.3, 0.4) is 0 Å². The van der Waals surface area contributed by atoms with Gasteiger partial charge in [0.2, 0.25) is 11.8 Å². The van der Waals surface area contributed by atoms with Gasteiger partial charge in [-0.3, -0.25) is 14.5 Å². The number of piperazine rings is 1. The number of rotatable bonds is 6. The molecule has 0 radical (unpaired) electrons. The second-order valence-electron chi connectivity index (χ2n) is 15.3. The normalized spacial score (nSPS) is 44.1. The third kappa shape index (κ3) is 5.25.